The SMILES string of the molecule is CC(N)C1CCCN(CCOc2ccc(S(N)(=O)=O)cc2)C1.Cl. The van der Waals surface area contributed by atoms with Gasteiger partial charge in [-0.2, -0.15) is 0 Å². The molecule has 0 spiro atoms. The summed E-state index contributed by atoms with van der Waals surface area (Å²) < 4.78 is 28.0. The quantitative estimate of drug-likeness (QED) is 0.791. The maximum Gasteiger partial charge on any atom is 0.238 e. The molecular formula is C15H26ClN3O3S. The Kier molecular flexibility index (Phi) is 7.76. The molecule has 132 valence electrons. The van der Waals surface area contributed by atoms with Gasteiger partial charge in [-0.1, -0.05) is 0 Å². The third-order valence-electron chi connectivity index (χ3n) is 4.11. The zero-order chi connectivity index (χ0) is 16.2. The van der Waals surface area contributed by atoms with Crippen molar-refractivity contribution in [3.05, 3.63) is 24.3 Å². The summed E-state index contributed by atoms with van der Waals surface area (Å²) in [7, 11) is -3.65. The summed E-state index contributed by atoms with van der Waals surface area (Å²) in [5.41, 5.74) is 5.98. The Morgan fingerprint density at radius 3 is 2.57 bits per heavy atom. The van der Waals surface area contributed by atoms with Crippen molar-refractivity contribution >= 4 is 22.4 Å². The second-order valence-electron chi connectivity index (χ2n) is 5.93. The molecule has 0 bridgehead atoms. The standard InChI is InChI=1S/C15H25N3O3S.ClH/c1-12(16)13-3-2-8-18(11-13)9-10-21-14-4-6-15(7-5-14)22(17,19)20;/h4-7,12-13H,2-3,8-11,16H2,1H3,(H2,17,19,20);1H. The van der Waals surface area contributed by atoms with Gasteiger partial charge in [0.1, 0.15) is 12.4 Å². The van der Waals surface area contributed by atoms with Gasteiger partial charge in [-0.15, -0.1) is 12.4 Å². The normalized spacial score (nSPS) is 20.6. The first-order valence-corrected chi connectivity index (χ1v) is 9.14. The van der Waals surface area contributed by atoms with Gasteiger partial charge in [-0.25, -0.2) is 13.6 Å². The van der Waals surface area contributed by atoms with Gasteiger partial charge in [0.2, 0.25) is 10.0 Å². The second kappa shape index (κ2) is 8.84. The molecular weight excluding hydrogens is 338 g/mol. The van der Waals surface area contributed by atoms with Gasteiger partial charge >= 0.3 is 0 Å². The molecule has 0 aliphatic carbocycles. The highest BCUT2D eigenvalue weighted by molar-refractivity contribution is 7.89. The van der Waals surface area contributed by atoms with Crippen LogP contribution in [0.15, 0.2) is 29.2 Å². The van der Waals surface area contributed by atoms with E-state index in [1.807, 2.05) is 0 Å². The molecule has 1 heterocycles. The third-order valence-corrected chi connectivity index (χ3v) is 5.04. The largest absolute Gasteiger partial charge is 0.492 e. The van der Waals surface area contributed by atoms with Crippen LogP contribution in [0.1, 0.15) is 19.8 Å². The van der Waals surface area contributed by atoms with E-state index in [0.29, 0.717) is 18.3 Å². The smallest absolute Gasteiger partial charge is 0.238 e. The lowest BCUT2D eigenvalue weighted by atomic mass is 9.92. The van der Waals surface area contributed by atoms with Crippen LogP contribution in [0.2, 0.25) is 0 Å². The fraction of sp³-hybridized carbons (Fsp3) is 0.600. The van der Waals surface area contributed by atoms with E-state index in [1.54, 1.807) is 12.1 Å². The van der Waals surface area contributed by atoms with Gasteiger partial charge < -0.3 is 10.5 Å². The van der Waals surface area contributed by atoms with Crippen LogP contribution in [-0.4, -0.2) is 45.6 Å². The van der Waals surface area contributed by atoms with Crippen molar-refractivity contribution in [1.82, 2.24) is 4.90 Å². The van der Waals surface area contributed by atoms with E-state index in [2.05, 4.69) is 11.8 Å². The number of hydrogen-bond acceptors (Lipinski definition) is 5. The lowest BCUT2D eigenvalue weighted by Gasteiger charge is -2.34. The van der Waals surface area contributed by atoms with Crippen LogP contribution in [0.4, 0.5) is 0 Å². The molecule has 2 unspecified atom stereocenters. The molecule has 6 nitrogen and oxygen atoms in total. The number of hydrogen-bond donors (Lipinski definition) is 2. The Morgan fingerprint density at radius 1 is 1.35 bits per heavy atom. The lowest BCUT2D eigenvalue weighted by molar-refractivity contribution is 0.137. The van der Waals surface area contributed by atoms with Gasteiger partial charge in [-0.05, 0) is 56.5 Å². The van der Waals surface area contributed by atoms with Crippen molar-refractivity contribution in [1.29, 1.82) is 0 Å². The highest BCUT2D eigenvalue weighted by Crippen LogP contribution is 2.19. The molecule has 0 aromatic heterocycles. The summed E-state index contributed by atoms with van der Waals surface area (Å²) in [6.45, 7) is 5.58. The van der Waals surface area contributed by atoms with Gasteiger partial charge in [-0.3, -0.25) is 4.90 Å². The molecule has 0 saturated carbocycles. The number of primary sulfonamides is 1. The zero-order valence-electron chi connectivity index (χ0n) is 13.3. The van der Waals surface area contributed by atoms with Crippen molar-refractivity contribution in [2.45, 2.75) is 30.7 Å². The van der Waals surface area contributed by atoms with Gasteiger partial charge in [0.15, 0.2) is 0 Å². The fourth-order valence-electron chi connectivity index (χ4n) is 2.74. The Hall–Kier alpha value is -0.860. The van der Waals surface area contributed by atoms with Gasteiger partial charge in [0.05, 0.1) is 4.90 Å². The molecule has 1 fully saturated rings. The van der Waals surface area contributed by atoms with E-state index in [0.717, 1.165) is 19.6 Å². The number of rotatable bonds is 6. The van der Waals surface area contributed by atoms with E-state index in [4.69, 9.17) is 15.6 Å². The van der Waals surface area contributed by atoms with Crippen LogP contribution in [0.3, 0.4) is 0 Å². The third kappa shape index (κ3) is 6.27. The number of nitrogens with zero attached hydrogens (tertiary/aromatic N) is 1. The topological polar surface area (TPSA) is 98.6 Å². The minimum Gasteiger partial charge on any atom is -0.492 e. The Labute approximate surface area is 144 Å². The molecule has 0 amide bonds. The molecule has 4 N–H and O–H groups in total. The first-order chi connectivity index (χ1) is 10.4. The fourth-order valence-corrected chi connectivity index (χ4v) is 3.26. The summed E-state index contributed by atoms with van der Waals surface area (Å²) >= 11 is 0. The van der Waals surface area contributed by atoms with Crippen LogP contribution in [0.5, 0.6) is 5.75 Å². The summed E-state index contributed by atoms with van der Waals surface area (Å²) in [4.78, 5) is 2.46. The van der Waals surface area contributed by atoms with Crippen molar-refractivity contribution in [3.8, 4) is 5.75 Å². The second-order valence-corrected chi connectivity index (χ2v) is 7.49. The number of piperidine rings is 1. The highest BCUT2D eigenvalue weighted by atomic mass is 35.5. The molecule has 2 atom stereocenters. The molecule has 1 aliphatic rings. The number of nitrogens with two attached hydrogens (primary N) is 2. The number of sulfonamides is 1. The molecule has 8 heteroatoms. The molecule has 1 aromatic carbocycles. The predicted octanol–water partition coefficient (Wildman–Crippen LogP) is 1.19. The van der Waals surface area contributed by atoms with Crippen molar-refractivity contribution in [2.75, 3.05) is 26.2 Å². The summed E-state index contributed by atoms with van der Waals surface area (Å²) in [6.07, 6.45) is 2.37. The number of likely N-dealkylation sites (tertiary alicyclic amines) is 1. The summed E-state index contributed by atoms with van der Waals surface area (Å²) in [5.74, 6) is 1.20. The van der Waals surface area contributed by atoms with Crippen molar-refractivity contribution < 1.29 is 13.2 Å². The lowest BCUT2D eigenvalue weighted by Crippen LogP contribution is -2.43. The van der Waals surface area contributed by atoms with E-state index in [9.17, 15) is 8.42 Å². The average Bonchev–Trinajstić information content (AvgIpc) is 2.47. The Bertz CT molecular complexity index is 578. The minimum atomic E-state index is -3.65. The van der Waals surface area contributed by atoms with E-state index < -0.39 is 10.0 Å². The molecule has 23 heavy (non-hydrogen) atoms. The maximum atomic E-state index is 11.2. The number of benzene rings is 1. The number of ether oxygens (including phenoxy) is 1. The molecule has 1 aliphatic heterocycles. The Balaban J connectivity index is 0.00000264. The predicted molar refractivity (Wildman–Crippen MR) is 93.4 cm³/mol. The Morgan fingerprint density at radius 2 is 2.00 bits per heavy atom. The molecule has 1 saturated heterocycles. The van der Waals surface area contributed by atoms with Crippen molar-refractivity contribution in [2.24, 2.45) is 16.8 Å². The number of halogens is 1. The van der Waals surface area contributed by atoms with E-state index >= 15 is 0 Å². The van der Waals surface area contributed by atoms with Crippen LogP contribution in [-0.2, 0) is 10.0 Å². The summed E-state index contributed by atoms with van der Waals surface area (Å²) in [5, 5.41) is 5.06. The van der Waals surface area contributed by atoms with Crippen LogP contribution in [0, 0.1) is 5.92 Å². The van der Waals surface area contributed by atoms with Gasteiger partial charge in [0.25, 0.3) is 0 Å². The van der Waals surface area contributed by atoms with E-state index in [-0.39, 0.29) is 23.3 Å². The molecule has 1 aromatic rings. The minimum absolute atomic E-state index is 0. The van der Waals surface area contributed by atoms with Crippen LogP contribution < -0.4 is 15.6 Å². The van der Waals surface area contributed by atoms with Crippen LogP contribution in [0.25, 0.3) is 0 Å². The summed E-state index contributed by atoms with van der Waals surface area (Å²) in [6, 6.07) is 6.39. The highest BCUT2D eigenvalue weighted by Gasteiger charge is 2.22. The van der Waals surface area contributed by atoms with Gasteiger partial charge in [0, 0.05) is 19.1 Å². The van der Waals surface area contributed by atoms with E-state index in [1.165, 1.54) is 25.0 Å². The molecule has 2 rings (SSSR count). The molecule has 0 radical (unpaired) electrons. The van der Waals surface area contributed by atoms with Crippen LogP contribution >= 0.6 is 12.4 Å². The monoisotopic (exact) mass is 363 g/mol. The first kappa shape index (κ1) is 20.2. The van der Waals surface area contributed by atoms with Crippen molar-refractivity contribution in [3.63, 3.8) is 0 Å². The maximum absolute atomic E-state index is 11.2. The first-order valence-electron chi connectivity index (χ1n) is 7.60. The zero-order valence-corrected chi connectivity index (χ0v) is 15.0. The average molecular weight is 364 g/mol.